The van der Waals surface area contributed by atoms with E-state index in [0.29, 0.717) is 6.29 Å². The van der Waals surface area contributed by atoms with E-state index in [9.17, 15) is 23.7 Å². The number of rotatable bonds is 4. The van der Waals surface area contributed by atoms with E-state index in [2.05, 4.69) is 15.0 Å². The lowest BCUT2D eigenvalue weighted by Crippen LogP contribution is -2.02. The van der Waals surface area contributed by atoms with E-state index in [-0.39, 0.29) is 38.9 Å². The first kappa shape index (κ1) is 20.2. The molecule has 5 rings (SSSR count). The Morgan fingerprint density at radius 2 is 2.10 bits per heavy atom. The fourth-order valence-corrected chi connectivity index (χ4v) is 3.40. The van der Waals surface area contributed by atoms with Gasteiger partial charge in [-0.05, 0) is 36.2 Å². The molecule has 2 aromatic carbocycles. The lowest BCUT2D eigenvalue weighted by Gasteiger charge is -2.05. The maximum absolute atomic E-state index is 12.4. The highest BCUT2D eigenvalue weighted by Crippen LogP contribution is 2.38. The summed E-state index contributed by atoms with van der Waals surface area (Å²) in [5, 5.41) is 14.6. The third-order valence-electron chi connectivity index (χ3n) is 4.77. The molecular formula is C21H15F2N3O5. The number of nitro benzene ring substituents is 1. The fraction of sp³-hybridized carbons (Fsp3) is 0.143. The second-order valence-electron chi connectivity index (χ2n) is 6.60. The van der Waals surface area contributed by atoms with Gasteiger partial charge in [0.25, 0.3) is 5.69 Å². The number of nitrogens with one attached hydrogen (secondary N) is 1. The van der Waals surface area contributed by atoms with Gasteiger partial charge in [-0.1, -0.05) is 0 Å². The van der Waals surface area contributed by atoms with E-state index in [0.717, 1.165) is 13.0 Å². The van der Waals surface area contributed by atoms with Crippen molar-refractivity contribution in [1.29, 1.82) is 0 Å². The molecule has 31 heavy (non-hydrogen) atoms. The Balaban J connectivity index is 0.000000212. The SMILES string of the molecule is O=Cc1ccc(OC(F)F)c2oc3ccc([N+](=O)[O-])cc3c12.c1cc2c(cn1)CCN2. The number of non-ortho nitro benzene ring substituents is 1. The molecule has 10 heteroatoms. The number of hydrogen-bond donors (Lipinski definition) is 1. The number of carbonyl (C=O) groups is 1. The van der Waals surface area contributed by atoms with Crippen LogP contribution < -0.4 is 10.1 Å². The number of aromatic nitrogens is 1. The molecule has 0 fully saturated rings. The van der Waals surface area contributed by atoms with Gasteiger partial charge in [-0.2, -0.15) is 8.78 Å². The van der Waals surface area contributed by atoms with Crippen molar-refractivity contribution in [3.05, 3.63) is 70.0 Å². The number of halogens is 2. The first-order chi connectivity index (χ1) is 15.0. The molecular weight excluding hydrogens is 412 g/mol. The summed E-state index contributed by atoms with van der Waals surface area (Å²) in [4.78, 5) is 25.4. The standard InChI is InChI=1S/C14H7F2NO5.C7H8N2/c15-14(16)22-11-3-1-7(6-18)12-9-5-8(17(19)20)2-4-10(9)21-13(11)12;1-4-9-7-2-3-8-5-6(1)7/h1-6,14H;2-3,5,9H,1,4H2. The molecule has 0 saturated carbocycles. The fourth-order valence-electron chi connectivity index (χ4n) is 3.40. The summed E-state index contributed by atoms with van der Waals surface area (Å²) in [5.74, 6) is -0.241. The second kappa shape index (κ2) is 8.34. The molecule has 2 aromatic heterocycles. The van der Waals surface area contributed by atoms with Crippen molar-refractivity contribution in [2.45, 2.75) is 13.0 Å². The average molecular weight is 427 g/mol. The molecule has 1 aliphatic heterocycles. The first-order valence-corrected chi connectivity index (χ1v) is 9.18. The molecule has 4 aromatic rings. The Morgan fingerprint density at radius 1 is 1.26 bits per heavy atom. The maximum atomic E-state index is 12.4. The van der Waals surface area contributed by atoms with Gasteiger partial charge < -0.3 is 14.5 Å². The number of furan rings is 1. The van der Waals surface area contributed by atoms with Crippen molar-refractivity contribution >= 4 is 39.6 Å². The van der Waals surface area contributed by atoms with Crippen LogP contribution in [0.3, 0.4) is 0 Å². The Kier molecular flexibility index (Phi) is 5.44. The van der Waals surface area contributed by atoms with Crippen LogP contribution in [0.4, 0.5) is 20.2 Å². The molecule has 3 heterocycles. The summed E-state index contributed by atoms with van der Waals surface area (Å²) in [7, 11) is 0. The molecule has 0 spiro atoms. The number of alkyl halides is 2. The number of hydrogen-bond acceptors (Lipinski definition) is 7. The number of carbonyl (C=O) groups excluding carboxylic acids is 1. The van der Waals surface area contributed by atoms with Crippen LogP contribution in [0.5, 0.6) is 5.75 Å². The predicted octanol–water partition coefficient (Wildman–Crippen LogP) is 4.96. The highest BCUT2D eigenvalue weighted by molar-refractivity contribution is 6.14. The van der Waals surface area contributed by atoms with Gasteiger partial charge in [-0.3, -0.25) is 19.9 Å². The van der Waals surface area contributed by atoms with E-state index in [1.54, 1.807) is 0 Å². The summed E-state index contributed by atoms with van der Waals surface area (Å²) >= 11 is 0. The van der Waals surface area contributed by atoms with Crippen LogP contribution in [0.2, 0.25) is 0 Å². The third kappa shape index (κ3) is 4.00. The predicted molar refractivity (Wildman–Crippen MR) is 109 cm³/mol. The van der Waals surface area contributed by atoms with Gasteiger partial charge in [0.1, 0.15) is 5.58 Å². The van der Waals surface area contributed by atoms with E-state index in [1.807, 2.05) is 18.5 Å². The molecule has 0 saturated heterocycles. The summed E-state index contributed by atoms with van der Waals surface area (Å²) in [5.41, 5.74) is 2.74. The quantitative estimate of drug-likeness (QED) is 0.279. The van der Waals surface area contributed by atoms with Gasteiger partial charge in [-0.25, -0.2) is 0 Å². The zero-order valence-corrected chi connectivity index (χ0v) is 15.9. The highest BCUT2D eigenvalue weighted by Gasteiger charge is 2.19. The van der Waals surface area contributed by atoms with Crippen molar-refractivity contribution < 1.29 is 27.7 Å². The molecule has 0 unspecified atom stereocenters. The average Bonchev–Trinajstić information content (AvgIpc) is 3.38. The molecule has 0 radical (unpaired) electrons. The summed E-state index contributed by atoms with van der Waals surface area (Å²) in [6.07, 6.45) is 5.39. The van der Waals surface area contributed by atoms with Crippen LogP contribution in [0, 0.1) is 10.1 Å². The zero-order chi connectivity index (χ0) is 22.0. The van der Waals surface area contributed by atoms with Crippen LogP contribution in [0.15, 0.2) is 53.2 Å². The molecule has 0 atom stereocenters. The minimum Gasteiger partial charge on any atom is -0.452 e. The number of pyridine rings is 1. The zero-order valence-electron chi connectivity index (χ0n) is 15.9. The molecule has 0 amide bonds. The number of benzene rings is 2. The van der Waals surface area contributed by atoms with E-state index < -0.39 is 11.5 Å². The highest BCUT2D eigenvalue weighted by atomic mass is 19.3. The third-order valence-corrected chi connectivity index (χ3v) is 4.77. The van der Waals surface area contributed by atoms with E-state index in [1.165, 1.54) is 41.6 Å². The van der Waals surface area contributed by atoms with Crippen molar-refractivity contribution in [3.63, 3.8) is 0 Å². The summed E-state index contributed by atoms with van der Waals surface area (Å²) in [6, 6.07) is 8.28. The van der Waals surface area contributed by atoms with Gasteiger partial charge in [0.15, 0.2) is 17.6 Å². The molecule has 0 aliphatic carbocycles. The molecule has 8 nitrogen and oxygen atoms in total. The molecule has 0 bridgehead atoms. The Bertz CT molecular complexity index is 1270. The monoisotopic (exact) mass is 427 g/mol. The smallest absolute Gasteiger partial charge is 0.387 e. The van der Waals surface area contributed by atoms with Crippen LogP contribution >= 0.6 is 0 Å². The van der Waals surface area contributed by atoms with Crippen molar-refractivity contribution in [1.82, 2.24) is 4.98 Å². The molecule has 1 N–H and O–H groups in total. The van der Waals surface area contributed by atoms with Crippen molar-refractivity contribution in [2.24, 2.45) is 0 Å². The Labute approximate surface area is 173 Å². The number of aldehydes is 1. The van der Waals surface area contributed by atoms with Crippen molar-refractivity contribution in [3.8, 4) is 5.75 Å². The summed E-state index contributed by atoms with van der Waals surface area (Å²) in [6.45, 7) is -1.99. The Hall–Kier alpha value is -4.08. The van der Waals surface area contributed by atoms with Crippen LogP contribution in [-0.2, 0) is 6.42 Å². The number of ether oxygens (including phenoxy) is 1. The minimum absolute atomic E-state index is 0.0552. The van der Waals surface area contributed by atoms with Gasteiger partial charge in [0.2, 0.25) is 0 Å². The molecule has 1 aliphatic rings. The number of nitro groups is 1. The van der Waals surface area contributed by atoms with Gasteiger partial charge in [0.05, 0.1) is 4.92 Å². The van der Waals surface area contributed by atoms with Gasteiger partial charge in [0, 0.05) is 53.1 Å². The van der Waals surface area contributed by atoms with Crippen LogP contribution in [0.1, 0.15) is 15.9 Å². The minimum atomic E-state index is -3.06. The van der Waals surface area contributed by atoms with E-state index >= 15 is 0 Å². The molecule has 158 valence electrons. The number of fused-ring (bicyclic) bond motifs is 4. The Morgan fingerprint density at radius 3 is 2.81 bits per heavy atom. The topological polar surface area (TPSA) is 108 Å². The maximum Gasteiger partial charge on any atom is 0.387 e. The van der Waals surface area contributed by atoms with E-state index in [4.69, 9.17) is 4.42 Å². The van der Waals surface area contributed by atoms with Crippen LogP contribution in [0.25, 0.3) is 21.9 Å². The van der Waals surface area contributed by atoms with Crippen LogP contribution in [-0.4, -0.2) is 29.3 Å². The first-order valence-electron chi connectivity index (χ1n) is 9.18. The summed E-state index contributed by atoms with van der Waals surface area (Å²) < 4.78 is 34.6. The lowest BCUT2D eigenvalue weighted by molar-refractivity contribution is -0.384. The number of nitrogens with zero attached hydrogens (tertiary/aromatic N) is 2. The van der Waals surface area contributed by atoms with Gasteiger partial charge >= 0.3 is 6.61 Å². The van der Waals surface area contributed by atoms with Crippen molar-refractivity contribution in [2.75, 3.05) is 11.9 Å². The number of anilines is 1. The largest absolute Gasteiger partial charge is 0.452 e. The lowest BCUT2D eigenvalue weighted by atomic mass is 10.1. The van der Waals surface area contributed by atoms with Gasteiger partial charge in [-0.15, -0.1) is 0 Å². The normalized spacial score (nSPS) is 12.2. The second-order valence-corrected chi connectivity index (χ2v) is 6.60.